The van der Waals surface area contributed by atoms with Crippen LogP contribution in [0.25, 0.3) is 0 Å². The number of carboxylic acids is 1. The molecule has 1 saturated heterocycles. The number of carboxylic acid groups (broad SMARTS) is 1. The first kappa shape index (κ1) is 15.7. The molecule has 1 aromatic rings. The fourth-order valence-electron chi connectivity index (χ4n) is 2.93. The van der Waals surface area contributed by atoms with Crippen molar-refractivity contribution in [2.45, 2.75) is 45.6 Å². The fourth-order valence-corrected chi connectivity index (χ4v) is 2.93. The third-order valence-corrected chi connectivity index (χ3v) is 4.36. The summed E-state index contributed by atoms with van der Waals surface area (Å²) < 4.78 is 0. The summed E-state index contributed by atoms with van der Waals surface area (Å²) in [6.45, 7) is 5.60. The Kier molecular flexibility index (Phi) is 5.12. The third kappa shape index (κ3) is 4.14. The molecule has 1 aromatic carbocycles. The summed E-state index contributed by atoms with van der Waals surface area (Å²) in [6.07, 6.45) is 2.58. The molecule has 1 aliphatic rings. The summed E-state index contributed by atoms with van der Waals surface area (Å²) in [5.74, 6) is -0.619. The van der Waals surface area contributed by atoms with Crippen molar-refractivity contribution in [3.63, 3.8) is 0 Å². The van der Waals surface area contributed by atoms with Gasteiger partial charge >= 0.3 is 5.97 Å². The van der Waals surface area contributed by atoms with Gasteiger partial charge in [-0.3, -0.25) is 14.5 Å². The number of aliphatic carboxylic acids is 1. The molecule has 21 heavy (non-hydrogen) atoms. The summed E-state index contributed by atoms with van der Waals surface area (Å²) in [5, 5.41) is 8.91. The minimum atomic E-state index is -0.757. The van der Waals surface area contributed by atoms with Crippen molar-refractivity contribution in [1.29, 1.82) is 0 Å². The molecule has 1 unspecified atom stereocenters. The van der Waals surface area contributed by atoms with Gasteiger partial charge in [-0.2, -0.15) is 0 Å². The van der Waals surface area contributed by atoms with Gasteiger partial charge in [0.15, 0.2) is 5.78 Å². The Hall–Kier alpha value is -1.68. The maximum Gasteiger partial charge on any atom is 0.304 e. The van der Waals surface area contributed by atoms with Crippen LogP contribution in [0, 0.1) is 13.8 Å². The zero-order valence-corrected chi connectivity index (χ0v) is 12.8. The van der Waals surface area contributed by atoms with E-state index in [2.05, 4.69) is 4.90 Å². The van der Waals surface area contributed by atoms with Crippen LogP contribution < -0.4 is 0 Å². The topological polar surface area (TPSA) is 57.6 Å². The van der Waals surface area contributed by atoms with Crippen LogP contribution in [0.1, 0.15) is 47.2 Å². The number of benzene rings is 1. The summed E-state index contributed by atoms with van der Waals surface area (Å²) in [6, 6.07) is 5.89. The van der Waals surface area contributed by atoms with Gasteiger partial charge in [-0.15, -0.1) is 0 Å². The minimum Gasteiger partial charge on any atom is -0.481 e. The minimum absolute atomic E-state index is 0.0926. The molecule has 114 valence electrons. The monoisotopic (exact) mass is 289 g/mol. The molecule has 0 radical (unpaired) electrons. The number of hydrogen-bond acceptors (Lipinski definition) is 3. The Morgan fingerprint density at radius 3 is 2.71 bits per heavy atom. The van der Waals surface area contributed by atoms with Crippen LogP contribution in [0.15, 0.2) is 18.2 Å². The number of rotatable bonds is 6. The van der Waals surface area contributed by atoms with Crippen LogP contribution in [0.3, 0.4) is 0 Å². The molecule has 0 aliphatic carbocycles. The maximum absolute atomic E-state index is 12.3. The van der Waals surface area contributed by atoms with Gasteiger partial charge in [0, 0.05) is 24.6 Å². The van der Waals surface area contributed by atoms with Crippen molar-refractivity contribution in [3.8, 4) is 0 Å². The molecule has 0 amide bonds. The second kappa shape index (κ2) is 6.85. The smallest absolute Gasteiger partial charge is 0.304 e. The molecule has 0 aromatic heterocycles. The molecule has 1 heterocycles. The number of ketones is 1. The van der Waals surface area contributed by atoms with Gasteiger partial charge < -0.3 is 5.11 Å². The predicted molar refractivity (Wildman–Crippen MR) is 81.7 cm³/mol. The van der Waals surface area contributed by atoms with E-state index in [4.69, 9.17) is 5.11 Å². The molecule has 1 fully saturated rings. The standard InChI is InChI=1S/C17H23NO3/c1-12-5-6-14(10-13(12)2)16(19)7-9-18-8-3-4-15(18)11-17(20)21/h5-6,10,15H,3-4,7-9,11H2,1-2H3,(H,20,21). The first-order chi connectivity index (χ1) is 9.97. The molecule has 2 rings (SSSR count). The lowest BCUT2D eigenvalue weighted by Crippen LogP contribution is -2.33. The van der Waals surface area contributed by atoms with Crippen LogP contribution in [-0.2, 0) is 4.79 Å². The largest absolute Gasteiger partial charge is 0.481 e. The van der Waals surface area contributed by atoms with Crippen molar-refractivity contribution >= 4 is 11.8 Å². The van der Waals surface area contributed by atoms with Gasteiger partial charge in [0.1, 0.15) is 0 Å². The van der Waals surface area contributed by atoms with Crippen LogP contribution in [0.4, 0.5) is 0 Å². The number of Topliss-reactive ketones (excluding diaryl/α,β-unsaturated/α-hetero) is 1. The predicted octanol–water partition coefficient (Wildman–Crippen LogP) is 2.82. The van der Waals surface area contributed by atoms with Gasteiger partial charge in [0.05, 0.1) is 6.42 Å². The van der Waals surface area contributed by atoms with Crippen LogP contribution in [0.5, 0.6) is 0 Å². The highest BCUT2D eigenvalue weighted by atomic mass is 16.4. The highest BCUT2D eigenvalue weighted by Gasteiger charge is 2.26. The first-order valence-corrected chi connectivity index (χ1v) is 7.53. The summed E-state index contributed by atoms with van der Waals surface area (Å²) >= 11 is 0. The van der Waals surface area contributed by atoms with Gasteiger partial charge in [0.25, 0.3) is 0 Å². The van der Waals surface area contributed by atoms with E-state index >= 15 is 0 Å². The van der Waals surface area contributed by atoms with E-state index in [1.807, 2.05) is 32.0 Å². The average Bonchev–Trinajstić information content (AvgIpc) is 2.85. The van der Waals surface area contributed by atoms with E-state index in [0.717, 1.165) is 30.5 Å². The van der Waals surface area contributed by atoms with Gasteiger partial charge in [0.2, 0.25) is 0 Å². The molecule has 1 aliphatic heterocycles. The number of hydrogen-bond donors (Lipinski definition) is 1. The number of nitrogens with zero attached hydrogens (tertiary/aromatic N) is 1. The first-order valence-electron chi connectivity index (χ1n) is 7.53. The molecule has 0 saturated carbocycles. The Bertz CT molecular complexity index is 539. The van der Waals surface area contributed by atoms with E-state index < -0.39 is 5.97 Å². The third-order valence-electron chi connectivity index (χ3n) is 4.36. The van der Waals surface area contributed by atoms with E-state index in [-0.39, 0.29) is 18.2 Å². The van der Waals surface area contributed by atoms with Crippen molar-refractivity contribution < 1.29 is 14.7 Å². The molecule has 1 atom stereocenters. The number of carbonyl (C=O) groups excluding carboxylic acids is 1. The summed E-state index contributed by atoms with van der Waals surface area (Å²) in [7, 11) is 0. The van der Waals surface area contributed by atoms with Gasteiger partial charge in [-0.1, -0.05) is 12.1 Å². The number of likely N-dealkylation sites (tertiary alicyclic amines) is 1. The molecule has 0 bridgehead atoms. The SMILES string of the molecule is Cc1ccc(C(=O)CCN2CCCC2CC(=O)O)cc1C. The van der Waals surface area contributed by atoms with E-state index in [1.54, 1.807) is 0 Å². The zero-order valence-electron chi connectivity index (χ0n) is 12.8. The van der Waals surface area contributed by atoms with Crippen LogP contribution in [0.2, 0.25) is 0 Å². The highest BCUT2D eigenvalue weighted by molar-refractivity contribution is 5.96. The molecular weight excluding hydrogens is 266 g/mol. The molecule has 4 nitrogen and oxygen atoms in total. The van der Waals surface area contributed by atoms with E-state index in [1.165, 1.54) is 5.56 Å². The number of carbonyl (C=O) groups is 2. The van der Waals surface area contributed by atoms with Crippen LogP contribution in [-0.4, -0.2) is 40.9 Å². The molecular formula is C17H23NO3. The maximum atomic E-state index is 12.3. The van der Waals surface area contributed by atoms with Gasteiger partial charge in [-0.25, -0.2) is 0 Å². The van der Waals surface area contributed by atoms with Crippen molar-refractivity contribution in [1.82, 2.24) is 4.90 Å². The molecule has 1 N–H and O–H groups in total. The Morgan fingerprint density at radius 1 is 1.29 bits per heavy atom. The second-order valence-corrected chi connectivity index (χ2v) is 5.90. The Labute approximate surface area is 125 Å². The zero-order chi connectivity index (χ0) is 15.4. The fraction of sp³-hybridized carbons (Fsp3) is 0.529. The average molecular weight is 289 g/mol. The quantitative estimate of drug-likeness (QED) is 0.818. The lowest BCUT2D eigenvalue weighted by atomic mass is 10.0. The lowest BCUT2D eigenvalue weighted by molar-refractivity contribution is -0.138. The Morgan fingerprint density at radius 2 is 2.05 bits per heavy atom. The molecule has 0 spiro atoms. The van der Waals surface area contributed by atoms with Crippen LogP contribution >= 0.6 is 0 Å². The van der Waals surface area contributed by atoms with Crippen molar-refractivity contribution in [3.05, 3.63) is 34.9 Å². The van der Waals surface area contributed by atoms with E-state index in [9.17, 15) is 9.59 Å². The second-order valence-electron chi connectivity index (χ2n) is 5.90. The number of aryl methyl sites for hydroxylation is 2. The van der Waals surface area contributed by atoms with Crippen molar-refractivity contribution in [2.75, 3.05) is 13.1 Å². The Balaban J connectivity index is 1.91. The normalized spacial score (nSPS) is 18.9. The highest BCUT2D eigenvalue weighted by Crippen LogP contribution is 2.21. The van der Waals surface area contributed by atoms with E-state index in [0.29, 0.717) is 13.0 Å². The van der Waals surface area contributed by atoms with Crippen molar-refractivity contribution in [2.24, 2.45) is 0 Å². The lowest BCUT2D eigenvalue weighted by Gasteiger charge is -2.22. The summed E-state index contributed by atoms with van der Waals surface area (Å²) in [4.78, 5) is 25.2. The summed E-state index contributed by atoms with van der Waals surface area (Å²) in [5.41, 5.74) is 3.07. The molecule has 4 heteroatoms. The van der Waals surface area contributed by atoms with Gasteiger partial charge in [-0.05, 0) is 50.4 Å².